The number of aromatic nitrogens is 2. The Kier molecular flexibility index (Phi) is 5.85. The second-order valence-corrected chi connectivity index (χ2v) is 8.95. The van der Waals surface area contributed by atoms with Crippen LogP contribution < -0.4 is 14.5 Å². The molecule has 1 N–H and O–H groups in total. The van der Waals surface area contributed by atoms with Crippen LogP contribution in [0.4, 0.5) is 17.3 Å². The SMILES string of the molecule is CC(=O)c1ccc(S(=O)(=O)Nc2cnc(N3CCN(c4ccccc4)CC3)nc2)cc1. The Morgan fingerprint density at radius 1 is 0.871 bits per heavy atom. The number of piperazine rings is 1. The number of nitrogens with one attached hydrogen (secondary N) is 1. The fourth-order valence-electron chi connectivity index (χ4n) is 3.42. The smallest absolute Gasteiger partial charge is 0.261 e. The Morgan fingerprint density at radius 2 is 1.45 bits per heavy atom. The zero-order valence-electron chi connectivity index (χ0n) is 17.1. The van der Waals surface area contributed by atoms with E-state index < -0.39 is 10.0 Å². The van der Waals surface area contributed by atoms with E-state index in [1.807, 2.05) is 18.2 Å². The van der Waals surface area contributed by atoms with Gasteiger partial charge in [0.25, 0.3) is 10.0 Å². The van der Waals surface area contributed by atoms with Crippen LogP contribution in [0.15, 0.2) is 71.9 Å². The van der Waals surface area contributed by atoms with Crippen LogP contribution in [-0.4, -0.2) is 50.3 Å². The number of sulfonamides is 1. The van der Waals surface area contributed by atoms with Gasteiger partial charge in [0, 0.05) is 37.4 Å². The third-order valence-electron chi connectivity index (χ3n) is 5.15. The molecule has 0 radical (unpaired) electrons. The van der Waals surface area contributed by atoms with Crippen molar-refractivity contribution >= 4 is 33.1 Å². The van der Waals surface area contributed by atoms with Gasteiger partial charge in [-0.15, -0.1) is 0 Å². The van der Waals surface area contributed by atoms with E-state index in [2.05, 4.69) is 36.6 Å². The quantitative estimate of drug-likeness (QED) is 0.593. The van der Waals surface area contributed by atoms with Crippen molar-refractivity contribution in [3.8, 4) is 0 Å². The van der Waals surface area contributed by atoms with Crippen LogP contribution in [0.1, 0.15) is 17.3 Å². The van der Waals surface area contributed by atoms with Crippen molar-refractivity contribution in [3.63, 3.8) is 0 Å². The van der Waals surface area contributed by atoms with Crippen LogP contribution in [-0.2, 0) is 10.0 Å². The maximum absolute atomic E-state index is 12.6. The summed E-state index contributed by atoms with van der Waals surface area (Å²) < 4.78 is 27.6. The standard InChI is InChI=1S/C22H23N5O3S/c1-17(28)18-7-9-21(10-8-18)31(29,30)25-19-15-23-22(24-16-19)27-13-11-26(12-14-27)20-5-3-2-4-6-20/h2-10,15-16,25H,11-14H2,1H3. The molecule has 0 bridgehead atoms. The molecular weight excluding hydrogens is 414 g/mol. The van der Waals surface area contributed by atoms with Crippen LogP contribution in [0.25, 0.3) is 0 Å². The third kappa shape index (κ3) is 4.83. The molecule has 160 valence electrons. The van der Waals surface area contributed by atoms with Gasteiger partial charge in [0.1, 0.15) is 0 Å². The number of Topliss-reactive ketones (excluding diaryl/α,β-unsaturated/α-hetero) is 1. The summed E-state index contributed by atoms with van der Waals surface area (Å²) in [6.07, 6.45) is 2.93. The van der Waals surface area contributed by atoms with Crippen LogP contribution in [0.2, 0.25) is 0 Å². The average molecular weight is 438 g/mol. The molecule has 0 saturated carbocycles. The number of ketones is 1. The molecule has 0 aliphatic carbocycles. The minimum atomic E-state index is -3.79. The summed E-state index contributed by atoms with van der Waals surface area (Å²) in [5.74, 6) is 0.451. The molecule has 0 amide bonds. The van der Waals surface area contributed by atoms with Crippen molar-refractivity contribution in [3.05, 3.63) is 72.6 Å². The number of carbonyl (C=O) groups is 1. The molecule has 2 aromatic carbocycles. The maximum atomic E-state index is 12.6. The molecule has 9 heteroatoms. The zero-order chi connectivity index (χ0) is 21.8. The Hall–Kier alpha value is -3.46. The van der Waals surface area contributed by atoms with Gasteiger partial charge in [-0.05, 0) is 31.2 Å². The molecule has 2 heterocycles. The van der Waals surface area contributed by atoms with Gasteiger partial charge >= 0.3 is 0 Å². The molecule has 1 fully saturated rings. The van der Waals surface area contributed by atoms with Crippen molar-refractivity contribution in [1.29, 1.82) is 0 Å². The zero-order valence-corrected chi connectivity index (χ0v) is 17.9. The number of nitrogens with zero attached hydrogens (tertiary/aromatic N) is 4. The van der Waals surface area contributed by atoms with Crippen LogP contribution >= 0.6 is 0 Å². The Labute approximate surface area is 181 Å². The van der Waals surface area contributed by atoms with E-state index in [4.69, 9.17) is 0 Å². The Balaban J connectivity index is 1.39. The number of para-hydroxylation sites is 1. The third-order valence-corrected chi connectivity index (χ3v) is 6.54. The number of anilines is 3. The fraction of sp³-hybridized carbons (Fsp3) is 0.227. The normalized spacial score (nSPS) is 14.4. The molecule has 3 aromatic rings. The molecule has 8 nitrogen and oxygen atoms in total. The predicted molar refractivity (Wildman–Crippen MR) is 120 cm³/mol. The average Bonchev–Trinajstić information content (AvgIpc) is 2.80. The molecular formula is C22H23N5O3S. The lowest BCUT2D eigenvalue weighted by Crippen LogP contribution is -2.47. The van der Waals surface area contributed by atoms with Crippen LogP contribution in [0.3, 0.4) is 0 Å². The lowest BCUT2D eigenvalue weighted by molar-refractivity contribution is 0.101. The van der Waals surface area contributed by atoms with E-state index in [0.717, 1.165) is 26.2 Å². The summed E-state index contributed by atoms with van der Waals surface area (Å²) in [6, 6.07) is 16.1. The highest BCUT2D eigenvalue weighted by atomic mass is 32.2. The van der Waals surface area contributed by atoms with Gasteiger partial charge < -0.3 is 9.80 Å². The molecule has 1 aliphatic heterocycles. The highest BCUT2D eigenvalue weighted by molar-refractivity contribution is 7.92. The first kappa shape index (κ1) is 20.8. The second kappa shape index (κ2) is 8.73. The molecule has 0 atom stereocenters. The summed E-state index contributed by atoms with van der Waals surface area (Å²) in [5, 5.41) is 0. The topological polar surface area (TPSA) is 95.5 Å². The highest BCUT2D eigenvalue weighted by Crippen LogP contribution is 2.20. The Bertz CT molecular complexity index is 1140. The first-order chi connectivity index (χ1) is 14.9. The van der Waals surface area contributed by atoms with E-state index in [9.17, 15) is 13.2 Å². The summed E-state index contributed by atoms with van der Waals surface area (Å²) in [4.78, 5) is 24.5. The van der Waals surface area contributed by atoms with Gasteiger partial charge in [-0.1, -0.05) is 30.3 Å². The minimum absolute atomic E-state index is 0.0682. The molecule has 31 heavy (non-hydrogen) atoms. The summed E-state index contributed by atoms with van der Waals surface area (Å²) >= 11 is 0. The van der Waals surface area contributed by atoms with Crippen LogP contribution in [0.5, 0.6) is 0 Å². The van der Waals surface area contributed by atoms with Crippen LogP contribution in [0, 0.1) is 0 Å². The molecule has 0 spiro atoms. The molecule has 1 saturated heterocycles. The van der Waals surface area contributed by atoms with E-state index in [-0.39, 0.29) is 16.4 Å². The Morgan fingerprint density at radius 3 is 2.03 bits per heavy atom. The van der Waals surface area contributed by atoms with E-state index in [0.29, 0.717) is 11.5 Å². The van der Waals surface area contributed by atoms with Gasteiger partial charge in [0.15, 0.2) is 5.78 Å². The van der Waals surface area contributed by atoms with Crippen molar-refractivity contribution < 1.29 is 13.2 Å². The predicted octanol–water partition coefficient (Wildman–Crippen LogP) is 2.81. The molecule has 1 aliphatic rings. The lowest BCUT2D eigenvalue weighted by atomic mass is 10.2. The number of hydrogen-bond acceptors (Lipinski definition) is 7. The van der Waals surface area contributed by atoms with E-state index in [1.54, 1.807) is 0 Å². The van der Waals surface area contributed by atoms with Gasteiger partial charge in [0.2, 0.25) is 5.95 Å². The number of benzene rings is 2. The number of carbonyl (C=O) groups excluding carboxylic acids is 1. The van der Waals surface area contributed by atoms with Crippen molar-refractivity contribution in [2.45, 2.75) is 11.8 Å². The number of hydrogen-bond donors (Lipinski definition) is 1. The van der Waals surface area contributed by atoms with E-state index >= 15 is 0 Å². The van der Waals surface area contributed by atoms with Crippen molar-refractivity contribution in [2.75, 3.05) is 40.7 Å². The van der Waals surface area contributed by atoms with Gasteiger partial charge in [0.05, 0.1) is 23.0 Å². The summed E-state index contributed by atoms with van der Waals surface area (Å²) in [6.45, 7) is 4.71. The van der Waals surface area contributed by atoms with Crippen molar-refractivity contribution in [1.82, 2.24) is 9.97 Å². The first-order valence-corrected chi connectivity index (χ1v) is 11.4. The maximum Gasteiger partial charge on any atom is 0.261 e. The summed E-state index contributed by atoms with van der Waals surface area (Å²) in [7, 11) is -3.79. The first-order valence-electron chi connectivity index (χ1n) is 9.93. The molecule has 1 aromatic heterocycles. The fourth-order valence-corrected chi connectivity index (χ4v) is 4.45. The monoisotopic (exact) mass is 437 g/mol. The lowest BCUT2D eigenvalue weighted by Gasteiger charge is -2.36. The van der Waals surface area contributed by atoms with E-state index in [1.165, 1.54) is 49.3 Å². The highest BCUT2D eigenvalue weighted by Gasteiger charge is 2.20. The molecule has 4 rings (SSSR count). The molecule has 0 unspecified atom stereocenters. The summed E-state index contributed by atoms with van der Waals surface area (Å²) in [5.41, 5.74) is 1.94. The van der Waals surface area contributed by atoms with Gasteiger partial charge in [-0.3, -0.25) is 9.52 Å². The van der Waals surface area contributed by atoms with Gasteiger partial charge in [-0.25, -0.2) is 18.4 Å². The number of rotatable bonds is 6. The van der Waals surface area contributed by atoms with Gasteiger partial charge in [-0.2, -0.15) is 0 Å². The largest absolute Gasteiger partial charge is 0.368 e. The van der Waals surface area contributed by atoms with Crippen molar-refractivity contribution in [2.24, 2.45) is 0 Å². The minimum Gasteiger partial charge on any atom is -0.368 e. The second-order valence-electron chi connectivity index (χ2n) is 7.27.